The predicted octanol–water partition coefficient (Wildman–Crippen LogP) is 3.93. The van der Waals surface area contributed by atoms with E-state index in [1.807, 2.05) is 0 Å². The summed E-state index contributed by atoms with van der Waals surface area (Å²) in [5, 5.41) is 0. The van der Waals surface area contributed by atoms with Gasteiger partial charge in [0, 0.05) is 23.7 Å². The van der Waals surface area contributed by atoms with Gasteiger partial charge in [-0.2, -0.15) is 0 Å². The standard InChI is InChI=1S/C26H24O4/c27-23-1-2-24(28)20-10-16-6-14-8-18-12-22-21(25(29)3-4-26(22)30)11-17(18)7-13(14)5-15(16)9-19(20)23/h1-4,19-22H,5-12H2. The van der Waals surface area contributed by atoms with E-state index in [-0.39, 0.29) is 46.8 Å². The Kier molecular flexibility index (Phi) is 3.90. The summed E-state index contributed by atoms with van der Waals surface area (Å²) < 4.78 is 0. The molecule has 0 aromatic rings. The average molecular weight is 400 g/mol. The number of carbonyl (C=O) groups is 4. The van der Waals surface area contributed by atoms with E-state index in [0.717, 1.165) is 51.4 Å². The van der Waals surface area contributed by atoms with E-state index in [0.29, 0.717) is 0 Å². The number of fused-ring (bicyclic) bond motifs is 2. The van der Waals surface area contributed by atoms with Crippen LogP contribution in [0.5, 0.6) is 0 Å². The van der Waals surface area contributed by atoms with Crippen molar-refractivity contribution in [1.29, 1.82) is 0 Å². The number of hydrogen-bond acceptors (Lipinski definition) is 4. The van der Waals surface area contributed by atoms with E-state index >= 15 is 0 Å². The van der Waals surface area contributed by atoms with E-state index in [9.17, 15) is 19.2 Å². The van der Waals surface area contributed by atoms with Gasteiger partial charge in [0.05, 0.1) is 0 Å². The van der Waals surface area contributed by atoms with Crippen LogP contribution in [0.2, 0.25) is 0 Å². The zero-order valence-electron chi connectivity index (χ0n) is 16.9. The lowest BCUT2D eigenvalue weighted by molar-refractivity contribution is -0.129. The van der Waals surface area contributed by atoms with Gasteiger partial charge in [0.15, 0.2) is 23.1 Å². The van der Waals surface area contributed by atoms with Crippen molar-refractivity contribution in [3.05, 3.63) is 57.7 Å². The Hall–Kier alpha value is -2.62. The zero-order valence-corrected chi connectivity index (χ0v) is 16.9. The van der Waals surface area contributed by atoms with Crippen molar-refractivity contribution < 1.29 is 19.2 Å². The van der Waals surface area contributed by atoms with Gasteiger partial charge in [-0.3, -0.25) is 19.2 Å². The predicted molar refractivity (Wildman–Crippen MR) is 110 cm³/mol. The van der Waals surface area contributed by atoms with Crippen LogP contribution in [0.4, 0.5) is 0 Å². The molecule has 30 heavy (non-hydrogen) atoms. The summed E-state index contributed by atoms with van der Waals surface area (Å²) in [6.45, 7) is 0. The van der Waals surface area contributed by atoms with Gasteiger partial charge in [-0.25, -0.2) is 0 Å². The van der Waals surface area contributed by atoms with Crippen molar-refractivity contribution in [3.8, 4) is 0 Å². The highest BCUT2D eigenvalue weighted by atomic mass is 16.1. The van der Waals surface area contributed by atoms with E-state index in [1.54, 1.807) is 0 Å². The van der Waals surface area contributed by atoms with Crippen LogP contribution in [0.3, 0.4) is 0 Å². The van der Waals surface area contributed by atoms with Gasteiger partial charge in [0.2, 0.25) is 0 Å². The molecule has 4 unspecified atom stereocenters. The van der Waals surface area contributed by atoms with Crippen LogP contribution in [0, 0.1) is 23.7 Å². The summed E-state index contributed by atoms with van der Waals surface area (Å²) in [5.74, 6) is -0.273. The summed E-state index contributed by atoms with van der Waals surface area (Å²) in [5.41, 5.74) is 8.40. The third kappa shape index (κ3) is 2.65. The Morgan fingerprint density at radius 3 is 0.867 bits per heavy atom. The lowest BCUT2D eigenvalue weighted by atomic mass is 9.62. The van der Waals surface area contributed by atoms with Gasteiger partial charge in [0.1, 0.15) is 0 Å². The second kappa shape index (κ2) is 6.44. The highest BCUT2D eigenvalue weighted by Gasteiger charge is 2.43. The van der Waals surface area contributed by atoms with E-state index in [1.165, 1.54) is 57.7 Å². The van der Waals surface area contributed by atoms with Crippen LogP contribution >= 0.6 is 0 Å². The van der Waals surface area contributed by atoms with Gasteiger partial charge in [-0.1, -0.05) is 33.4 Å². The summed E-state index contributed by atoms with van der Waals surface area (Å²) in [6, 6.07) is 0. The maximum atomic E-state index is 12.4. The highest BCUT2D eigenvalue weighted by Crippen LogP contribution is 2.52. The molecule has 4 heteroatoms. The van der Waals surface area contributed by atoms with Gasteiger partial charge in [0.25, 0.3) is 0 Å². The van der Waals surface area contributed by atoms with Crippen LogP contribution in [0.15, 0.2) is 57.7 Å². The molecule has 0 aromatic heterocycles. The molecular formula is C26H24O4. The molecule has 152 valence electrons. The molecule has 6 aliphatic rings. The first-order chi connectivity index (χ1) is 14.5. The van der Waals surface area contributed by atoms with Crippen LogP contribution in [-0.2, 0) is 19.2 Å². The molecule has 0 aromatic carbocycles. The lowest BCUT2D eigenvalue weighted by Gasteiger charge is -2.41. The first kappa shape index (κ1) is 18.2. The molecule has 0 radical (unpaired) electrons. The highest BCUT2D eigenvalue weighted by molar-refractivity contribution is 6.08. The minimum atomic E-state index is -0.171. The molecule has 6 aliphatic carbocycles. The van der Waals surface area contributed by atoms with E-state index < -0.39 is 0 Å². The smallest absolute Gasteiger partial charge is 0.159 e. The fourth-order valence-electron chi connectivity index (χ4n) is 6.67. The quantitative estimate of drug-likeness (QED) is 0.578. The largest absolute Gasteiger partial charge is 0.295 e. The van der Waals surface area contributed by atoms with Gasteiger partial charge < -0.3 is 0 Å². The maximum Gasteiger partial charge on any atom is 0.159 e. The molecule has 0 saturated heterocycles. The van der Waals surface area contributed by atoms with E-state index in [2.05, 4.69) is 0 Å². The normalized spacial score (nSPS) is 35.2. The first-order valence-electron chi connectivity index (χ1n) is 11.1. The summed E-state index contributed by atoms with van der Waals surface area (Å²) in [7, 11) is 0. The number of allylic oxidation sites excluding steroid dienone is 10. The molecule has 0 heterocycles. The van der Waals surface area contributed by atoms with Crippen LogP contribution < -0.4 is 0 Å². The molecule has 0 N–H and O–H groups in total. The second-order valence-corrected chi connectivity index (χ2v) is 9.85. The third-order valence-corrected chi connectivity index (χ3v) is 8.33. The van der Waals surface area contributed by atoms with Crippen molar-refractivity contribution in [2.24, 2.45) is 23.7 Å². The SMILES string of the molecule is O=C1C=CC(=O)C2CC3=C(CC4=C(C3)CC3=C(C4)CC4C(=O)C=CC(=O)C4C3)CC12. The first-order valence-corrected chi connectivity index (χ1v) is 11.1. The molecule has 4 nitrogen and oxygen atoms in total. The van der Waals surface area contributed by atoms with Gasteiger partial charge in [-0.05, 0) is 75.7 Å². The monoisotopic (exact) mass is 400 g/mol. The Morgan fingerprint density at radius 2 is 0.633 bits per heavy atom. The average Bonchev–Trinajstić information content (AvgIpc) is 2.74. The topological polar surface area (TPSA) is 68.3 Å². The fourth-order valence-corrected chi connectivity index (χ4v) is 6.67. The lowest BCUT2D eigenvalue weighted by Crippen LogP contribution is -2.37. The summed E-state index contributed by atoms with van der Waals surface area (Å²) in [6.07, 6.45) is 12.4. The Balaban J connectivity index is 1.24. The molecule has 0 bridgehead atoms. The molecule has 0 spiro atoms. The molecule has 0 fully saturated rings. The fraction of sp³-hybridized carbons (Fsp3) is 0.462. The van der Waals surface area contributed by atoms with Gasteiger partial charge in [-0.15, -0.1) is 0 Å². The Morgan fingerprint density at radius 1 is 0.400 bits per heavy atom. The minimum Gasteiger partial charge on any atom is -0.295 e. The minimum absolute atomic E-state index is 0.103. The van der Waals surface area contributed by atoms with Crippen molar-refractivity contribution in [1.82, 2.24) is 0 Å². The van der Waals surface area contributed by atoms with Crippen molar-refractivity contribution in [2.75, 3.05) is 0 Å². The molecule has 6 rings (SSSR count). The van der Waals surface area contributed by atoms with Gasteiger partial charge >= 0.3 is 0 Å². The van der Waals surface area contributed by atoms with Crippen molar-refractivity contribution >= 4 is 23.1 Å². The van der Waals surface area contributed by atoms with E-state index in [4.69, 9.17) is 0 Å². The Labute approximate surface area is 175 Å². The molecule has 0 amide bonds. The number of carbonyl (C=O) groups excluding carboxylic acids is 4. The number of rotatable bonds is 0. The third-order valence-electron chi connectivity index (χ3n) is 8.33. The molecule has 4 atom stereocenters. The number of hydrogen-bond donors (Lipinski definition) is 0. The van der Waals surface area contributed by atoms with Crippen LogP contribution in [0.25, 0.3) is 0 Å². The summed E-state index contributed by atoms with van der Waals surface area (Å²) in [4.78, 5) is 49.5. The van der Waals surface area contributed by atoms with Crippen LogP contribution in [0.1, 0.15) is 51.4 Å². The maximum absolute atomic E-state index is 12.4. The summed E-state index contributed by atoms with van der Waals surface area (Å²) >= 11 is 0. The Bertz CT molecular complexity index is 924. The zero-order chi connectivity index (χ0) is 20.6. The second-order valence-electron chi connectivity index (χ2n) is 9.85. The van der Waals surface area contributed by atoms with Crippen molar-refractivity contribution in [2.45, 2.75) is 51.4 Å². The molecular weight excluding hydrogens is 376 g/mol. The van der Waals surface area contributed by atoms with Crippen LogP contribution in [-0.4, -0.2) is 23.1 Å². The van der Waals surface area contributed by atoms with Crippen molar-refractivity contribution in [3.63, 3.8) is 0 Å². The molecule has 0 aliphatic heterocycles. The molecule has 0 saturated carbocycles. The number of ketones is 4.